The van der Waals surface area contributed by atoms with Crippen LogP contribution in [0.3, 0.4) is 0 Å². The van der Waals surface area contributed by atoms with E-state index in [1.165, 1.54) is 11.1 Å². The fraction of sp³-hybridized carbons (Fsp3) is 0.636. The molecule has 6 heteroatoms. The maximum absolute atomic E-state index is 12.0. The summed E-state index contributed by atoms with van der Waals surface area (Å²) in [4.78, 5) is 18.8. The number of likely N-dealkylation sites (tertiary alicyclic amines) is 1. The second-order valence-electron chi connectivity index (χ2n) is 7.50. The summed E-state index contributed by atoms with van der Waals surface area (Å²) in [7, 11) is 0. The van der Waals surface area contributed by atoms with Gasteiger partial charge in [-0.1, -0.05) is 43.7 Å². The van der Waals surface area contributed by atoms with Crippen molar-refractivity contribution in [1.29, 1.82) is 0 Å². The molecule has 0 radical (unpaired) electrons. The first-order valence-corrected chi connectivity index (χ1v) is 10.4. The van der Waals surface area contributed by atoms with Crippen molar-refractivity contribution in [3.63, 3.8) is 0 Å². The van der Waals surface area contributed by atoms with Gasteiger partial charge in [0.2, 0.25) is 5.91 Å². The lowest BCUT2D eigenvalue weighted by Crippen LogP contribution is -2.42. The lowest BCUT2D eigenvalue weighted by molar-refractivity contribution is -0.129. The van der Waals surface area contributed by atoms with Crippen molar-refractivity contribution in [1.82, 2.24) is 15.5 Å². The van der Waals surface area contributed by atoms with Crippen molar-refractivity contribution in [3.8, 4) is 0 Å². The Labute approximate surface area is 187 Å². The second-order valence-corrected chi connectivity index (χ2v) is 7.50. The van der Waals surface area contributed by atoms with Crippen LogP contribution in [0, 0.1) is 6.92 Å². The number of aryl methyl sites for hydroxylation is 1. The van der Waals surface area contributed by atoms with Crippen molar-refractivity contribution < 1.29 is 4.79 Å². The SMILES string of the molecule is CCNC(=NCC(C)c1ccc(C)cc1)NCCC(CC)N1CCCC1=O.I. The number of amides is 1. The molecule has 1 aliphatic heterocycles. The molecular formula is C22H37IN4O. The maximum Gasteiger partial charge on any atom is 0.222 e. The molecule has 1 heterocycles. The average Bonchev–Trinajstić information content (AvgIpc) is 3.09. The van der Waals surface area contributed by atoms with Crippen LogP contribution in [0.15, 0.2) is 29.3 Å². The summed E-state index contributed by atoms with van der Waals surface area (Å²) in [6, 6.07) is 9.03. The molecule has 28 heavy (non-hydrogen) atoms. The van der Waals surface area contributed by atoms with E-state index in [0.717, 1.165) is 51.4 Å². The van der Waals surface area contributed by atoms with Crippen LogP contribution >= 0.6 is 24.0 Å². The minimum atomic E-state index is 0. The molecule has 5 nitrogen and oxygen atoms in total. The molecule has 1 fully saturated rings. The van der Waals surface area contributed by atoms with E-state index in [1.807, 2.05) is 0 Å². The van der Waals surface area contributed by atoms with E-state index in [2.05, 4.69) is 67.5 Å². The Kier molecular flexibility index (Phi) is 11.5. The van der Waals surface area contributed by atoms with Gasteiger partial charge in [-0.2, -0.15) is 0 Å². The number of halogens is 1. The molecule has 0 spiro atoms. The van der Waals surface area contributed by atoms with Crippen LogP contribution in [-0.2, 0) is 4.79 Å². The number of benzene rings is 1. The molecule has 0 bridgehead atoms. The largest absolute Gasteiger partial charge is 0.357 e. The summed E-state index contributed by atoms with van der Waals surface area (Å²) in [5.74, 6) is 1.56. The molecule has 2 atom stereocenters. The minimum absolute atomic E-state index is 0. The molecule has 1 amide bonds. The molecule has 1 aliphatic rings. The topological polar surface area (TPSA) is 56.7 Å². The van der Waals surface area contributed by atoms with Crippen LogP contribution in [0.4, 0.5) is 0 Å². The van der Waals surface area contributed by atoms with Crippen molar-refractivity contribution in [3.05, 3.63) is 35.4 Å². The minimum Gasteiger partial charge on any atom is -0.357 e. The number of guanidine groups is 1. The second kappa shape index (κ2) is 13.0. The van der Waals surface area contributed by atoms with Gasteiger partial charge < -0.3 is 15.5 Å². The van der Waals surface area contributed by atoms with Gasteiger partial charge in [-0.3, -0.25) is 9.79 Å². The van der Waals surface area contributed by atoms with E-state index in [1.54, 1.807) is 0 Å². The first-order valence-electron chi connectivity index (χ1n) is 10.4. The van der Waals surface area contributed by atoms with Crippen LogP contribution in [0.5, 0.6) is 0 Å². The molecule has 0 saturated carbocycles. The molecule has 1 saturated heterocycles. The summed E-state index contributed by atoms with van der Waals surface area (Å²) in [5, 5.41) is 6.77. The Morgan fingerprint density at radius 1 is 1.21 bits per heavy atom. The summed E-state index contributed by atoms with van der Waals surface area (Å²) in [6.45, 7) is 11.9. The lowest BCUT2D eigenvalue weighted by Gasteiger charge is -2.27. The highest BCUT2D eigenvalue weighted by Crippen LogP contribution is 2.18. The Bertz CT molecular complexity index is 617. The molecule has 0 aliphatic carbocycles. The van der Waals surface area contributed by atoms with Crippen molar-refractivity contribution in [2.45, 2.75) is 65.3 Å². The predicted molar refractivity (Wildman–Crippen MR) is 129 cm³/mol. The van der Waals surface area contributed by atoms with E-state index in [0.29, 0.717) is 24.3 Å². The number of carbonyl (C=O) groups is 1. The van der Waals surface area contributed by atoms with Crippen molar-refractivity contribution in [2.24, 2.45) is 4.99 Å². The Hall–Kier alpha value is -1.31. The Balaban J connectivity index is 0.00000392. The maximum atomic E-state index is 12.0. The molecule has 1 aromatic carbocycles. The highest BCUT2D eigenvalue weighted by atomic mass is 127. The molecule has 2 N–H and O–H groups in total. The van der Waals surface area contributed by atoms with Gasteiger partial charge in [-0.15, -0.1) is 24.0 Å². The van der Waals surface area contributed by atoms with E-state index in [4.69, 9.17) is 4.99 Å². The van der Waals surface area contributed by atoms with E-state index in [-0.39, 0.29) is 24.0 Å². The quantitative estimate of drug-likeness (QED) is 0.306. The van der Waals surface area contributed by atoms with Gasteiger partial charge in [-0.05, 0) is 38.7 Å². The average molecular weight is 500 g/mol. The van der Waals surface area contributed by atoms with Gasteiger partial charge in [-0.25, -0.2) is 0 Å². The Morgan fingerprint density at radius 2 is 1.93 bits per heavy atom. The monoisotopic (exact) mass is 500 g/mol. The summed E-state index contributed by atoms with van der Waals surface area (Å²) in [5.41, 5.74) is 2.60. The number of hydrogen-bond acceptors (Lipinski definition) is 2. The van der Waals surface area contributed by atoms with Crippen molar-refractivity contribution >= 4 is 35.8 Å². The van der Waals surface area contributed by atoms with Crippen molar-refractivity contribution in [2.75, 3.05) is 26.2 Å². The van der Waals surface area contributed by atoms with Crippen LogP contribution in [0.2, 0.25) is 0 Å². The zero-order valence-electron chi connectivity index (χ0n) is 17.8. The highest BCUT2D eigenvalue weighted by molar-refractivity contribution is 14.0. The Morgan fingerprint density at radius 3 is 2.50 bits per heavy atom. The molecule has 2 rings (SSSR count). The standard InChI is InChI=1S/C22H36N4O.HI/c1-5-20(26-15-7-8-21(26)27)13-14-24-22(23-6-2)25-16-18(4)19-11-9-17(3)10-12-19;/h9-12,18,20H,5-8,13-16H2,1-4H3,(H2,23,24,25);1H. The number of aliphatic imine (C=N–C) groups is 1. The third-order valence-electron chi connectivity index (χ3n) is 5.31. The van der Waals surface area contributed by atoms with Gasteiger partial charge in [0.15, 0.2) is 5.96 Å². The first kappa shape index (κ1) is 24.7. The van der Waals surface area contributed by atoms with E-state index < -0.39 is 0 Å². The van der Waals surface area contributed by atoms with Gasteiger partial charge in [0.25, 0.3) is 0 Å². The highest BCUT2D eigenvalue weighted by Gasteiger charge is 2.26. The van der Waals surface area contributed by atoms with Crippen LogP contribution in [-0.4, -0.2) is 49.0 Å². The molecule has 1 aromatic rings. The lowest BCUT2D eigenvalue weighted by atomic mass is 10.0. The number of hydrogen-bond donors (Lipinski definition) is 2. The van der Waals surface area contributed by atoms with E-state index >= 15 is 0 Å². The number of rotatable bonds is 9. The third kappa shape index (κ3) is 7.60. The van der Waals surface area contributed by atoms with Crippen LogP contribution in [0.1, 0.15) is 63.5 Å². The zero-order valence-corrected chi connectivity index (χ0v) is 20.2. The van der Waals surface area contributed by atoms with Crippen LogP contribution < -0.4 is 10.6 Å². The van der Waals surface area contributed by atoms with Gasteiger partial charge in [0, 0.05) is 44.6 Å². The summed E-state index contributed by atoms with van der Waals surface area (Å²) in [6.07, 6.45) is 3.68. The molecule has 2 unspecified atom stereocenters. The zero-order chi connectivity index (χ0) is 19.6. The molecule has 158 valence electrons. The van der Waals surface area contributed by atoms with Crippen LogP contribution in [0.25, 0.3) is 0 Å². The summed E-state index contributed by atoms with van der Waals surface area (Å²) < 4.78 is 0. The molecular weight excluding hydrogens is 463 g/mol. The fourth-order valence-electron chi connectivity index (χ4n) is 3.56. The number of nitrogens with zero attached hydrogens (tertiary/aromatic N) is 2. The van der Waals surface area contributed by atoms with Gasteiger partial charge in [0.1, 0.15) is 0 Å². The van der Waals surface area contributed by atoms with Gasteiger partial charge >= 0.3 is 0 Å². The predicted octanol–water partition coefficient (Wildman–Crippen LogP) is 4.06. The summed E-state index contributed by atoms with van der Waals surface area (Å²) >= 11 is 0. The van der Waals surface area contributed by atoms with E-state index in [9.17, 15) is 4.79 Å². The fourth-order valence-corrected chi connectivity index (χ4v) is 3.56. The first-order chi connectivity index (χ1) is 13.0. The third-order valence-corrected chi connectivity index (χ3v) is 5.31. The normalized spacial score (nSPS) is 16.5. The number of carbonyl (C=O) groups excluding carboxylic acids is 1. The smallest absolute Gasteiger partial charge is 0.222 e. The number of nitrogens with one attached hydrogen (secondary N) is 2. The van der Waals surface area contributed by atoms with Gasteiger partial charge in [0.05, 0.1) is 0 Å². The molecule has 0 aromatic heterocycles.